The minimum absolute atomic E-state index is 0. The van der Waals surface area contributed by atoms with Crippen molar-refractivity contribution in [2.45, 2.75) is 26.2 Å². The lowest BCUT2D eigenvalue weighted by Gasteiger charge is -2.20. The van der Waals surface area contributed by atoms with Crippen LogP contribution in [0.2, 0.25) is 0 Å². The average molecular weight is 529 g/mol. The van der Waals surface area contributed by atoms with Crippen LogP contribution in [0.4, 0.5) is 5.69 Å². The third-order valence-corrected chi connectivity index (χ3v) is 6.27. The van der Waals surface area contributed by atoms with Gasteiger partial charge in [0.25, 0.3) is 0 Å². The van der Waals surface area contributed by atoms with Crippen LogP contribution in [0.3, 0.4) is 0 Å². The second-order valence-electron chi connectivity index (χ2n) is 7.01. The Labute approximate surface area is 195 Å². The standard InChI is InChI=1S/C21H31N5OS.HI/c1-4-19-14-24-20(28-19)8-10-23-21(22-2)25-13-16-9-11-26(15-16)17-6-5-7-18(12-17)27-3;/h5-7,12,14,16H,4,8-11,13,15H2,1-3H3,(H2,22,23,25);1H. The molecular weight excluding hydrogens is 497 g/mol. The summed E-state index contributed by atoms with van der Waals surface area (Å²) in [5.41, 5.74) is 1.24. The highest BCUT2D eigenvalue weighted by Gasteiger charge is 2.23. The Bertz CT molecular complexity index is 782. The van der Waals surface area contributed by atoms with Gasteiger partial charge in [-0.05, 0) is 30.9 Å². The minimum atomic E-state index is 0. The largest absolute Gasteiger partial charge is 0.497 e. The number of halogens is 1. The maximum absolute atomic E-state index is 5.35. The molecule has 1 unspecified atom stereocenters. The van der Waals surface area contributed by atoms with Gasteiger partial charge in [0.1, 0.15) is 5.75 Å². The summed E-state index contributed by atoms with van der Waals surface area (Å²) >= 11 is 1.80. The number of hydrogen-bond donors (Lipinski definition) is 2. The second-order valence-corrected chi connectivity index (χ2v) is 8.21. The van der Waals surface area contributed by atoms with E-state index in [1.54, 1.807) is 18.4 Å². The van der Waals surface area contributed by atoms with Gasteiger partial charge in [-0.15, -0.1) is 35.3 Å². The molecule has 1 aliphatic rings. The summed E-state index contributed by atoms with van der Waals surface area (Å²) < 4.78 is 5.35. The number of ether oxygens (including phenoxy) is 1. The third-order valence-electron chi connectivity index (χ3n) is 5.07. The molecule has 8 heteroatoms. The summed E-state index contributed by atoms with van der Waals surface area (Å²) in [6.45, 7) is 6.07. The fraction of sp³-hybridized carbons (Fsp3) is 0.524. The molecule has 3 rings (SSSR count). The molecule has 2 N–H and O–H groups in total. The fourth-order valence-corrected chi connectivity index (χ4v) is 4.28. The molecule has 0 bridgehead atoms. The summed E-state index contributed by atoms with van der Waals surface area (Å²) in [6, 6.07) is 8.31. The lowest BCUT2D eigenvalue weighted by atomic mass is 10.1. The highest BCUT2D eigenvalue weighted by molar-refractivity contribution is 14.0. The summed E-state index contributed by atoms with van der Waals surface area (Å²) in [7, 11) is 3.54. The Morgan fingerprint density at radius 1 is 1.38 bits per heavy atom. The summed E-state index contributed by atoms with van der Waals surface area (Å²) in [5, 5.41) is 8.07. The summed E-state index contributed by atoms with van der Waals surface area (Å²) in [5.74, 6) is 2.39. The third kappa shape index (κ3) is 7.02. The molecule has 29 heavy (non-hydrogen) atoms. The van der Waals surface area contributed by atoms with Gasteiger partial charge in [0.05, 0.1) is 12.1 Å². The zero-order valence-electron chi connectivity index (χ0n) is 17.5. The monoisotopic (exact) mass is 529 g/mol. The Morgan fingerprint density at radius 3 is 2.97 bits per heavy atom. The van der Waals surface area contributed by atoms with Crippen molar-refractivity contribution in [3.8, 4) is 5.75 Å². The van der Waals surface area contributed by atoms with Gasteiger partial charge in [-0.1, -0.05) is 13.0 Å². The predicted octanol–water partition coefficient (Wildman–Crippen LogP) is 3.57. The van der Waals surface area contributed by atoms with E-state index in [1.807, 2.05) is 19.3 Å². The van der Waals surface area contributed by atoms with Gasteiger partial charge in [-0.2, -0.15) is 0 Å². The molecule has 0 saturated carbocycles. The lowest BCUT2D eigenvalue weighted by molar-refractivity contribution is 0.415. The Hall–Kier alpha value is -1.55. The molecule has 1 aliphatic heterocycles. The van der Waals surface area contributed by atoms with E-state index in [0.717, 1.165) is 50.7 Å². The van der Waals surface area contributed by atoms with Crippen LogP contribution >= 0.6 is 35.3 Å². The van der Waals surface area contributed by atoms with Gasteiger partial charge in [-0.25, -0.2) is 4.98 Å². The van der Waals surface area contributed by atoms with Crippen LogP contribution in [0.1, 0.15) is 23.2 Å². The lowest BCUT2D eigenvalue weighted by Crippen LogP contribution is -2.41. The van der Waals surface area contributed by atoms with Crippen molar-refractivity contribution < 1.29 is 4.74 Å². The van der Waals surface area contributed by atoms with Crippen molar-refractivity contribution in [1.82, 2.24) is 15.6 Å². The number of nitrogens with zero attached hydrogens (tertiary/aromatic N) is 3. The molecule has 2 heterocycles. The summed E-state index contributed by atoms with van der Waals surface area (Å²) in [6.07, 6.45) is 5.16. The number of rotatable bonds is 8. The van der Waals surface area contributed by atoms with Crippen LogP contribution in [0.5, 0.6) is 5.75 Å². The maximum Gasteiger partial charge on any atom is 0.191 e. The zero-order valence-corrected chi connectivity index (χ0v) is 20.6. The van der Waals surface area contributed by atoms with Crippen LogP contribution in [-0.4, -0.2) is 51.3 Å². The molecule has 0 spiro atoms. The number of aromatic nitrogens is 1. The van der Waals surface area contributed by atoms with Crippen molar-refractivity contribution in [1.29, 1.82) is 0 Å². The van der Waals surface area contributed by atoms with Gasteiger partial charge < -0.3 is 20.3 Å². The SMILES string of the molecule is CCc1cnc(CCNC(=NC)NCC2CCN(c3cccc(OC)c3)C2)s1.I. The van der Waals surface area contributed by atoms with E-state index in [2.05, 4.69) is 50.6 Å². The van der Waals surface area contributed by atoms with Crippen molar-refractivity contribution in [3.63, 3.8) is 0 Å². The number of nitrogens with one attached hydrogen (secondary N) is 2. The molecule has 1 saturated heterocycles. The number of aryl methyl sites for hydroxylation is 1. The van der Waals surface area contributed by atoms with Crippen molar-refractivity contribution in [2.24, 2.45) is 10.9 Å². The van der Waals surface area contributed by atoms with E-state index < -0.39 is 0 Å². The fourth-order valence-electron chi connectivity index (χ4n) is 3.42. The van der Waals surface area contributed by atoms with Crippen LogP contribution in [0, 0.1) is 5.92 Å². The molecule has 2 aromatic rings. The van der Waals surface area contributed by atoms with E-state index >= 15 is 0 Å². The number of hydrogen-bond acceptors (Lipinski definition) is 5. The number of methoxy groups -OCH3 is 1. The van der Waals surface area contributed by atoms with Gasteiger partial charge in [-0.3, -0.25) is 4.99 Å². The number of benzene rings is 1. The number of aliphatic imine (C=N–C) groups is 1. The molecule has 1 atom stereocenters. The Morgan fingerprint density at radius 2 is 2.24 bits per heavy atom. The highest BCUT2D eigenvalue weighted by atomic mass is 127. The molecule has 0 radical (unpaired) electrons. The first kappa shape index (κ1) is 23.7. The Kier molecular flexibility index (Phi) is 9.99. The molecule has 1 fully saturated rings. The van der Waals surface area contributed by atoms with Gasteiger partial charge in [0.15, 0.2) is 5.96 Å². The first-order valence-corrected chi connectivity index (χ1v) is 10.8. The molecule has 1 aromatic carbocycles. The quantitative estimate of drug-likeness (QED) is 0.311. The highest BCUT2D eigenvalue weighted by Crippen LogP contribution is 2.26. The molecular formula is C21H32IN5OS. The van der Waals surface area contributed by atoms with Crippen LogP contribution in [-0.2, 0) is 12.8 Å². The average Bonchev–Trinajstić information content (AvgIpc) is 3.40. The Balaban J connectivity index is 0.00000300. The number of anilines is 1. The molecule has 0 amide bonds. The molecule has 1 aromatic heterocycles. The van der Waals surface area contributed by atoms with E-state index in [9.17, 15) is 0 Å². The first-order valence-electron chi connectivity index (χ1n) is 9.99. The second kappa shape index (κ2) is 12.2. The molecule has 160 valence electrons. The maximum atomic E-state index is 5.35. The molecule has 0 aliphatic carbocycles. The van der Waals surface area contributed by atoms with Gasteiger partial charge in [0.2, 0.25) is 0 Å². The van der Waals surface area contributed by atoms with Crippen LogP contribution in [0.15, 0.2) is 35.5 Å². The molecule has 6 nitrogen and oxygen atoms in total. The number of thiazole rings is 1. The zero-order chi connectivity index (χ0) is 19.8. The predicted molar refractivity (Wildman–Crippen MR) is 133 cm³/mol. The van der Waals surface area contributed by atoms with Crippen molar-refractivity contribution in [2.75, 3.05) is 45.2 Å². The smallest absolute Gasteiger partial charge is 0.191 e. The van der Waals surface area contributed by atoms with Gasteiger partial charge >= 0.3 is 0 Å². The van der Waals surface area contributed by atoms with E-state index in [4.69, 9.17) is 4.74 Å². The normalized spacial score (nSPS) is 16.4. The van der Waals surface area contributed by atoms with Gasteiger partial charge in [0, 0.05) is 62.5 Å². The van der Waals surface area contributed by atoms with E-state index in [1.165, 1.54) is 22.0 Å². The minimum Gasteiger partial charge on any atom is -0.497 e. The van der Waals surface area contributed by atoms with Crippen LogP contribution in [0.25, 0.3) is 0 Å². The first-order chi connectivity index (χ1) is 13.7. The van der Waals surface area contributed by atoms with Crippen molar-refractivity contribution >= 4 is 47.0 Å². The van der Waals surface area contributed by atoms with Crippen molar-refractivity contribution in [3.05, 3.63) is 40.3 Å². The van der Waals surface area contributed by atoms with E-state index in [0.29, 0.717) is 5.92 Å². The number of guanidine groups is 1. The van der Waals surface area contributed by atoms with Crippen LogP contribution < -0.4 is 20.3 Å². The van der Waals surface area contributed by atoms with E-state index in [-0.39, 0.29) is 24.0 Å². The topological polar surface area (TPSA) is 61.8 Å². The summed E-state index contributed by atoms with van der Waals surface area (Å²) in [4.78, 5) is 12.6.